The second kappa shape index (κ2) is 8.62. The number of hydrogen-bond donors (Lipinski definition) is 2. The Kier molecular flexibility index (Phi) is 5.73. The standard InChI is InChI=1S/C25H25BN2O7/c1-13(2)17-11-19-22(25(31)27(24(19)30)14-6-5-7-15(10-14)28(33)34)18-12-21(35-26(32)23(17)18)16-8-3-4-9-20(16)29/h3-10,13,18-19,21-22,29,32H,11-12H2,1-2H3/t18-,19-,21-,22+/m0/s1. The molecule has 2 aromatic rings. The monoisotopic (exact) mass is 476 g/mol. The summed E-state index contributed by atoms with van der Waals surface area (Å²) in [6.45, 7) is 3.95. The fourth-order valence-electron chi connectivity index (χ4n) is 5.86. The maximum atomic E-state index is 13.7. The predicted molar refractivity (Wildman–Crippen MR) is 127 cm³/mol. The van der Waals surface area contributed by atoms with Crippen molar-refractivity contribution in [3.8, 4) is 5.75 Å². The molecule has 180 valence electrons. The topological polar surface area (TPSA) is 130 Å². The summed E-state index contributed by atoms with van der Waals surface area (Å²) in [5.41, 5.74) is 1.99. The number of amides is 2. The fraction of sp³-hybridized carbons (Fsp3) is 0.360. The summed E-state index contributed by atoms with van der Waals surface area (Å²) in [7, 11) is -1.27. The second-order valence-electron chi connectivity index (χ2n) is 9.64. The molecule has 2 saturated heterocycles. The number of phenols is 1. The molecule has 3 aliphatic rings. The first-order valence-corrected chi connectivity index (χ1v) is 11.7. The van der Waals surface area contributed by atoms with Crippen LogP contribution in [0.25, 0.3) is 0 Å². The molecule has 2 N–H and O–H groups in total. The van der Waals surface area contributed by atoms with Crippen LogP contribution in [-0.4, -0.2) is 34.0 Å². The van der Waals surface area contributed by atoms with Gasteiger partial charge in [-0.25, -0.2) is 4.90 Å². The Hall–Kier alpha value is -3.50. The number of nitro groups is 1. The molecule has 0 saturated carbocycles. The smallest absolute Gasteiger partial charge is 0.487 e. The predicted octanol–water partition coefficient (Wildman–Crippen LogP) is 3.56. The molecule has 9 nitrogen and oxygen atoms in total. The number of fused-ring (bicyclic) bond motifs is 3. The molecule has 0 spiro atoms. The van der Waals surface area contributed by atoms with Gasteiger partial charge in [0.2, 0.25) is 11.8 Å². The molecule has 4 atom stereocenters. The number of aromatic hydroxyl groups is 1. The highest BCUT2D eigenvalue weighted by molar-refractivity contribution is 6.53. The third-order valence-corrected chi connectivity index (χ3v) is 7.43. The number of nitro benzene ring substituents is 1. The van der Waals surface area contributed by atoms with Crippen molar-refractivity contribution < 1.29 is 29.3 Å². The van der Waals surface area contributed by atoms with Gasteiger partial charge < -0.3 is 14.8 Å². The molecule has 2 amide bonds. The van der Waals surface area contributed by atoms with Gasteiger partial charge in [-0.15, -0.1) is 0 Å². The van der Waals surface area contributed by atoms with E-state index in [0.29, 0.717) is 23.9 Å². The zero-order valence-corrected chi connectivity index (χ0v) is 19.3. The van der Waals surface area contributed by atoms with Crippen LogP contribution in [0.2, 0.25) is 0 Å². The number of imide groups is 1. The quantitative estimate of drug-likeness (QED) is 0.299. The molecular formula is C25H25BN2O7. The number of para-hydroxylation sites is 1. The van der Waals surface area contributed by atoms with Crippen molar-refractivity contribution in [1.29, 1.82) is 0 Å². The summed E-state index contributed by atoms with van der Waals surface area (Å²) in [6, 6.07) is 12.2. The molecule has 0 unspecified atom stereocenters. The number of carbonyl (C=O) groups excluding carboxylic acids is 2. The molecule has 0 aromatic heterocycles. The van der Waals surface area contributed by atoms with E-state index in [0.717, 1.165) is 10.5 Å². The molecular weight excluding hydrogens is 451 g/mol. The summed E-state index contributed by atoms with van der Waals surface area (Å²) in [6.07, 6.45) is -0.0449. The van der Waals surface area contributed by atoms with Crippen molar-refractivity contribution in [3.63, 3.8) is 0 Å². The number of hydrogen-bond acceptors (Lipinski definition) is 7. The number of benzene rings is 2. The Labute approximate surface area is 202 Å². The Bertz CT molecular complexity index is 1260. The van der Waals surface area contributed by atoms with Crippen molar-refractivity contribution in [1.82, 2.24) is 0 Å². The highest BCUT2D eigenvalue weighted by atomic mass is 16.6. The number of rotatable bonds is 4. The van der Waals surface area contributed by atoms with E-state index in [2.05, 4.69) is 0 Å². The van der Waals surface area contributed by atoms with Crippen LogP contribution >= 0.6 is 0 Å². The summed E-state index contributed by atoms with van der Waals surface area (Å²) >= 11 is 0. The van der Waals surface area contributed by atoms with Crippen LogP contribution in [-0.2, 0) is 14.2 Å². The molecule has 5 rings (SSSR count). The van der Waals surface area contributed by atoms with Crippen LogP contribution < -0.4 is 4.90 Å². The largest absolute Gasteiger partial charge is 0.508 e. The fourth-order valence-corrected chi connectivity index (χ4v) is 5.86. The van der Waals surface area contributed by atoms with E-state index in [4.69, 9.17) is 4.65 Å². The van der Waals surface area contributed by atoms with Gasteiger partial charge in [0.1, 0.15) is 5.75 Å². The Morgan fingerprint density at radius 3 is 2.54 bits per heavy atom. The highest BCUT2D eigenvalue weighted by Gasteiger charge is 2.58. The van der Waals surface area contributed by atoms with Crippen molar-refractivity contribution >= 4 is 30.3 Å². The molecule has 10 heteroatoms. The first kappa shape index (κ1) is 23.3. The van der Waals surface area contributed by atoms with Crippen LogP contribution in [0.1, 0.15) is 38.4 Å². The van der Waals surface area contributed by atoms with Gasteiger partial charge >= 0.3 is 7.12 Å². The van der Waals surface area contributed by atoms with Crippen molar-refractivity contribution in [2.45, 2.75) is 32.8 Å². The second-order valence-corrected chi connectivity index (χ2v) is 9.64. The first-order valence-electron chi connectivity index (χ1n) is 11.7. The molecule has 0 bridgehead atoms. The lowest BCUT2D eigenvalue weighted by molar-refractivity contribution is -0.384. The average molecular weight is 476 g/mol. The normalized spacial score (nSPS) is 26.3. The van der Waals surface area contributed by atoms with E-state index in [1.54, 1.807) is 18.2 Å². The zero-order valence-electron chi connectivity index (χ0n) is 19.3. The third kappa shape index (κ3) is 3.73. The minimum absolute atomic E-state index is 0.0168. The van der Waals surface area contributed by atoms with Gasteiger partial charge in [0, 0.05) is 17.7 Å². The number of allylic oxidation sites excluding steroid dienone is 2. The lowest BCUT2D eigenvalue weighted by Gasteiger charge is -2.43. The van der Waals surface area contributed by atoms with Gasteiger partial charge in [0.15, 0.2) is 0 Å². The summed E-state index contributed by atoms with van der Waals surface area (Å²) < 4.78 is 5.92. The molecule has 2 heterocycles. The van der Waals surface area contributed by atoms with E-state index >= 15 is 0 Å². The van der Waals surface area contributed by atoms with Gasteiger partial charge in [0.05, 0.1) is 28.6 Å². The van der Waals surface area contributed by atoms with Gasteiger partial charge in [-0.1, -0.05) is 43.7 Å². The Morgan fingerprint density at radius 2 is 1.86 bits per heavy atom. The maximum absolute atomic E-state index is 13.7. The van der Waals surface area contributed by atoms with Crippen LogP contribution in [0, 0.1) is 33.8 Å². The number of non-ortho nitro benzene ring substituents is 1. The molecule has 1 aliphatic carbocycles. The minimum Gasteiger partial charge on any atom is -0.508 e. The lowest BCUT2D eigenvalue weighted by Crippen LogP contribution is -2.45. The van der Waals surface area contributed by atoms with E-state index in [-0.39, 0.29) is 23.0 Å². The molecule has 0 radical (unpaired) electrons. The lowest BCUT2D eigenvalue weighted by atomic mass is 9.54. The SMILES string of the molecule is CC(C)C1=C2B(O)O[C@H](c3ccccc3O)C[C@H]2[C@H]2C(=O)N(c3cccc([N+](=O)[O-])c3)C(=O)[C@H]2C1. The van der Waals surface area contributed by atoms with E-state index in [1.165, 1.54) is 30.3 Å². The van der Waals surface area contributed by atoms with Crippen molar-refractivity contribution in [3.05, 3.63) is 75.3 Å². The van der Waals surface area contributed by atoms with Gasteiger partial charge in [-0.05, 0) is 42.3 Å². The Morgan fingerprint density at radius 1 is 1.11 bits per heavy atom. The Balaban J connectivity index is 1.57. The van der Waals surface area contributed by atoms with Gasteiger partial charge in [-0.2, -0.15) is 0 Å². The number of anilines is 1. The van der Waals surface area contributed by atoms with E-state index in [9.17, 15) is 29.8 Å². The van der Waals surface area contributed by atoms with E-state index < -0.39 is 47.7 Å². The summed E-state index contributed by atoms with van der Waals surface area (Å²) in [5, 5.41) is 32.7. The van der Waals surface area contributed by atoms with Crippen molar-refractivity contribution in [2.75, 3.05) is 4.90 Å². The summed E-state index contributed by atoms with van der Waals surface area (Å²) in [5.74, 6) is -2.62. The first-order chi connectivity index (χ1) is 16.7. The number of carbonyl (C=O) groups is 2. The van der Waals surface area contributed by atoms with Crippen LogP contribution in [0.3, 0.4) is 0 Å². The van der Waals surface area contributed by atoms with Gasteiger partial charge in [-0.3, -0.25) is 19.7 Å². The average Bonchev–Trinajstić information content (AvgIpc) is 3.08. The summed E-state index contributed by atoms with van der Waals surface area (Å²) in [4.78, 5) is 39.0. The van der Waals surface area contributed by atoms with Crippen LogP contribution in [0.5, 0.6) is 5.75 Å². The van der Waals surface area contributed by atoms with E-state index in [1.807, 2.05) is 13.8 Å². The van der Waals surface area contributed by atoms with Crippen LogP contribution in [0.4, 0.5) is 11.4 Å². The minimum atomic E-state index is -1.27. The number of nitrogens with zero attached hydrogens (tertiary/aromatic N) is 2. The molecule has 35 heavy (non-hydrogen) atoms. The highest BCUT2D eigenvalue weighted by Crippen LogP contribution is 2.53. The molecule has 2 fully saturated rings. The van der Waals surface area contributed by atoms with Crippen LogP contribution in [0.15, 0.2) is 59.6 Å². The molecule has 2 aliphatic heterocycles. The zero-order chi connectivity index (χ0) is 25.0. The van der Waals surface area contributed by atoms with Gasteiger partial charge in [0.25, 0.3) is 5.69 Å². The number of phenolic OH excluding ortho intramolecular Hbond substituents is 1. The van der Waals surface area contributed by atoms with Crippen molar-refractivity contribution in [2.24, 2.45) is 23.7 Å². The maximum Gasteiger partial charge on any atom is 0.487 e. The third-order valence-electron chi connectivity index (χ3n) is 7.43. The molecule has 2 aromatic carbocycles.